The van der Waals surface area contributed by atoms with Crippen molar-refractivity contribution < 1.29 is 13.2 Å². The molecule has 1 aromatic heterocycles. The Kier molecular flexibility index (Phi) is 2.01. The van der Waals surface area contributed by atoms with Crippen LogP contribution in [0.15, 0.2) is 24.3 Å². The summed E-state index contributed by atoms with van der Waals surface area (Å²) in [6.07, 6.45) is -3.29. The Morgan fingerprint density at radius 3 is 2.59 bits per heavy atom. The number of alkyl halides is 3. The molecule has 0 amide bonds. The molecule has 0 fully saturated rings. The van der Waals surface area contributed by atoms with Gasteiger partial charge in [-0.2, -0.15) is 13.2 Å². The third-order valence-corrected chi connectivity index (χ3v) is 2.83. The van der Waals surface area contributed by atoms with Gasteiger partial charge in [0.2, 0.25) is 5.82 Å². The molecule has 0 N–H and O–H groups in total. The maximum absolute atomic E-state index is 12.8. The van der Waals surface area contributed by atoms with Crippen molar-refractivity contribution in [2.45, 2.75) is 19.0 Å². The molecule has 1 aliphatic rings. The second-order valence-electron chi connectivity index (χ2n) is 3.90. The van der Waals surface area contributed by atoms with Crippen LogP contribution in [-0.4, -0.2) is 14.8 Å². The van der Waals surface area contributed by atoms with Crippen LogP contribution in [0, 0.1) is 0 Å². The van der Waals surface area contributed by atoms with Gasteiger partial charge in [-0.05, 0) is 18.1 Å². The molecule has 0 atom stereocenters. The summed E-state index contributed by atoms with van der Waals surface area (Å²) >= 11 is 0. The Hall–Kier alpha value is -1.85. The van der Waals surface area contributed by atoms with E-state index in [-0.39, 0.29) is 0 Å². The highest BCUT2D eigenvalue weighted by Crippen LogP contribution is 2.33. The number of hydrogen-bond acceptors (Lipinski definition) is 2. The van der Waals surface area contributed by atoms with Crippen molar-refractivity contribution in [2.24, 2.45) is 0 Å². The van der Waals surface area contributed by atoms with Crippen molar-refractivity contribution in [3.63, 3.8) is 0 Å². The van der Waals surface area contributed by atoms with Gasteiger partial charge in [0.05, 0.1) is 5.69 Å². The highest BCUT2D eigenvalue weighted by molar-refractivity contribution is 5.45. The van der Waals surface area contributed by atoms with Crippen LogP contribution in [0.4, 0.5) is 13.2 Å². The van der Waals surface area contributed by atoms with Gasteiger partial charge in [0.1, 0.15) is 5.82 Å². The molecule has 0 unspecified atom stereocenters. The van der Waals surface area contributed by atoms with E-state index in [2.05, 4.69) is 10.2 Å². The zero-order valence-corrected chi connectivity index (χ0v) is 8.70. The number of nitrogens with zero attached hydrogens (tertiary/aromatic N) is 3. The van der Waals surface area contributed by atoms with E-state index in [1.54, 1.807) is 12.1 Å². The van der Waals surface area contributed by atoms with Crippen LogP contribution in [0.2, 0.25) is 0 Å². The Labute approximate surface area is 94.9 Å². The largest absolute Gasteiger partial charge is 0.452 e. The number of halogens is 3. The predicted octanol–water partition coefficient (Wildman–Crippen LogP) is 2.38. The molecule has 6 heteroatoms. The molecule has 0 aliphatic carbocycles. The topological polar surface area (TPSA) is 30.7 Å². The van der Waals surface area contributed by atoms with E-state index in [1.165, 1.54) is 0 Å². The van der Waals surface area contributed by atoms with Gasteiger partial charge in [-0.3, -0.25) is 4.57 Å². The van der Waals surface area contributed by atoms with E-state index in [9.17, 15) is 13.2 Å². The number of aryl methyl sites for hydroxylation is 2. The van der Waals surface area contributed by atoms with E-state index < -0.39 is 12.0 Å². The van der Waals surface area contributed by atoms with Gasteiger partial charge in [0.15, 0.2) is 0 Å². The number of fused-ring (bicyclic) bond motifs is 3. The number of hydrogen-bond donors (Lipinski definition) is 0. The van der Waals surface area contributed by atoms with E-state index in [0.29, 0.717) is 24.4 Å². The van der Waals surface area contributed by atoms with E-state index in [4.69, 9.17) is 0 Å². The molecule has 2 heterocycles. The smallest absolute Gasteiger partial charge is 0.275 e. The first-order chi connectivity index (χ1) is 8.07. The van der Waals surface area contributed by atoms with Crippen LogP contribution in [0.25, 0.3) is 5.69 Å². The standard InChI is InChI=1S/C11H8F3N3/c12-11(13,14)10-16-15-9-6-5-7-3-1-2-4-8(7)17(9)10/h1-4H,5-6H2. The molecule has 2 aromatic rings. The molecule has 17 heavy (non-hydrogen) atoms. The summed E-state index contributed by atoms with van der Waals surface area (Å²) < 4.78 is 39.4. The van der Waals surface area contributed by atoms with Crippen molar-refractivity contribution >= 4 is 0 Å². The molecule has 3 nitrogen and oxygen atoms in total. The van der Waals surface area contributed by atoms with Crippen molar-refractivity contribution in [3.8, 4) is 5.69 Å². The van der Waals surface area contributed by atoms with Crippen molar-refractivity contribution in [1.82, 2.24) is 14.8 Å². The molecule has 88 valence electrons. The normalized spacial score (nSPS) is 14.3. The Balaban J connectivity index is 2.27. The summed E-state index contributed by atoms with van der Waals surface area (Å²) in [7, 11) is 0. The Bertz CT molecular complexity index is 572. The average molecular weight is 239 g/mol. The van der Waals surface area contributed by atoms with Gasteiger partial charge >= 0.3 is 6.18 Å². The van der Waals surface area contributed by atoms with E-state index in [1.807, 2.05) is 12.1 Å². The molecule has 0 radical (unpaired) electrons. The average Bonchev–Trinajstić information content (AvgIpc) is 2.72. The molecular weight excluding hydrogens is 231 g/mol. The van der Waals surface area contributed by atoms with Crippen LogP contribution >= 0.6 is 0 Å². The number of benzene rings is 1. The summed E-state index contributed by atoms with van der Waals surface area (Å²) in [5, 5.41) is 6.87. The lowest BCUT2D eigenvalue weighted by Gasteiger charge is -2.19. The van der Waals surface area contributed by atoms with Gasteiger partial charge in [0, 0.05) is 6.42 Å². The van der Waals surface area contributed by atoms with Gasteiger partial charge in [-0.25, -0.2) is 0 Å². The highest BCUT2D eigenvalue weighted by Gasteiger charge is 2.39. The Morgan fingerprint density at radius 1 is 1.06 bits per heavy atom. The lowest BCUT2D eigenvalue weighted by Crippen LogP contribution is -2.19. The quantitative estimate of drug-likeness (QED) is 0.706. The molecular formula is C11H8F3N3. The maximum Gasteiger partial charge on any atom is 0.452 e. The first kappa shape index (κ1) is 10.3. The fourth-order valence-electron chi connectivity index (χ4n) is 2.10. The molecule has 3 rings (SSSR count). The first-order valence-electron chi connectivity index (χ1n) is 5.17. The van der Waals surface area contributed by atoms with E-state index in [0.717, 1.165) is 10.1 Å². The SMILES string of the molecule is FC(F)(F)c1nnc2n1-c1ccccc1CC2. The number of rotatable bonds is 0. The molecule has 0 saturated carbocycles. The lowest BCUT2D eigenvalue weighted by molar-refractivity contribution is -0.146. The number of para-hydroxylation sites is 1. The molecule has 1 aliphatic heterocycles. The van der Waals surface area contributed by atoms with Gasteiger partial charge in [-0.1, -0.05) is 18.2 Å². The van der Waals surface area contributed by atoms with Crippen LogP contribution in [-0.2, 0) is 19.0 Å². The summed E-state index contributed by atoms with van der Waals surface area (Å²) in [6, 6.07) is 7.03. The zero-order chi connectivity index (χ0) is 12.0. The minimum atomic E-state index is -4.48. The van der Waals surface area contributed by atoms with Gasteiger partial charge in [0.25, 0.3) is 0 Å². The van der Waals surface area contributed by atoms with Crippen LogP contribution in [0.5, 0.6) is 0 Å². The summed E-state index contributed by atoms with van der Waals surface area (Å²) in [5.41, 5.74) is 1.43. The van der Waals surface area contributed by atoms with Gasteiger partial charge in [-0.15, -0.1) is 10.2 Å². The first-order valence-corrected chi connectivity index (χ1v) is 5.17. The molecule has 0 bridgehead atoms. The second-order valence-corrected chi connectivity index (χ2v) is 3.90. The highest BCUT2D eigenvalue weighted by atomic mass is 19.4. The third-order valence-electron chi connectivity index (χ3n) is 2.83. The van der Waals surface area contributed by atoms with Crippen molar-refractivity contribution in [2.75, 3.05) is 0 Å². The van der Waals surface area contributed by atoms with Crippen LogP contribution < -0.4 is 0 Å². The third kappa shape index (κ3) is 1.51. The molecule has 0 spiro atoms. The van der Waals surface area contributed by atoms with E-state index >= 15 is 0 Å². The summed E-state index contributed by atoms with van der Waals surface area (Å²) in [6.45, 7) is 0. The fourth-order valence-corrected chi connectivity index (χ4v) is 2.10. The minimum absolute atomic E-state index is 0.371. The van der Waals surface area contributed by atoms with Crippen molar-refractivity contribution in [1.29, 1.82) is 0 Å². The monoisotopic (exact) mass is 239 g/mol. The molecule has 1 aromatic carbocycles. The maximum atomic E-state index is 12.8. The van der Waals surface area contributed by atoms with Crippen LogP contribution in [0.1, 0.15) is 17.2 Å². The van der Waals surface area contributed by atoms with Crippen LogP contribution in [0.3, 0.4) is 0 Å². The molecule has 0 saturated heterocycles. The number of aromatic nitrogens is 3. The summed E-state index contributed by atoms with van der Waals surface area (Å²) in [5.74, 6) is -0.573. The summed E-state index contributed by atoms with van der Waals surface area (Å²) in [4.78, 5) is 0. The zero-order valence-electron chi connectivity index (χ0n) is 8.70. The van der Waals surface area contributed by atoms with Gasteiger partial charge < -0.3 is 0 Å². The van der Waals surface area contributed by atoms with Crippen molar-refractivity contribution in [3.05, 3.63) is 41.5 Å². The predicted molar refractivity (Wildman–Crippen MR) is 53.8 cm³/mol. The lowest BCUT2D eigenvalue weighted by atomic mass is 10.0. The minimum Gasteiger partial charge on any atom is -0.275 e. The Morgan fingerprint density at radius 2 is 1.82 bits per heavy atom. The fraction of sp³-hybridized carbons (Fsp3) is 0.273. The second kappa shape index (κ2) is 3.32.